The van der Waals surface area contributed by atoms with Crippen molar-refractivity contribution in [2.24, 2.45) is 5.92 Å². The summed E-state index contributed by atoms with van der Waals surface area (Å²) in [5, 5.41) is 0. The molecule has 4 nitrogen and oxygen atoms in total. The summed E-state index contributed by atoms with van der Waals surface area (Å²) in [7, 11) is -3.28. The Balaban J connectivity index is 1.84. The molecule has 2 rings (SSSR count). The first-order valence-corrected chi connectivity index (χ1v) is 6.36. The molecule has 0 N–H and O–H groups in total. The molecule has 76 valence electrons. The van der Waals surface area contributed by atoms with E-state index in [4.69, 9.17) is 8.92 Å². The SMILES string of the molecule is CS(=O)(=O)OC[C@@H]1C[C@H]2CC[C@H]1O2. The van der Waals surface area contributed by atoms with Crippen LogP contribution in [0.25, 0.3) is 0 Å². The second-order valence-corrected chi connectivity index (χ2v) is 5.50. The van der Waals surface area contributed by atoms with E-state index in [9.17, 15) is 8.42 Å². The smallest absolute Gasteiger partial charge is 0.264 e. The quantitative estimate of drug-likeness (QED) is 0.632. The van der Waals surface area contributed by atoms with Crippen LogP contribution in [-0.4, -0.2) is 33.5 Å². The minimum absolute atomic E-state index is 0.242. The number of hydrogen-bond acceptors (Lipinski definition) is 4. The lowest BCUT2D eigenvalue weighted by molar-refractivity contribution is 0.0834. The van der Waals surface area contributed by atoms with E-state index in [2.05, 4.69) is 0 Å². The van der Waals surface area contributed by atoms with Gasteiger partial charge < -0.3 is 4.74 Å². The van der Waals surface area contributed by atoms with Crippen molar-refractivity contribution in [1.29, 1.82) is 0 Å². The number of rotatable bonds is 3. The van der Waals surface area contributed by atoms with Gasteiger partial charge in [-0.25, -0.2) is 0 Å². The third kappa shape index (κ3) is 2.21. The van der Waals surface area contributed by atoms with Crippen LogP contribution in [0.1, 0.15) is 19.3 Å². The fraction of sp³-hybridized carbons (Fsp3) is 1.00. The predicted octanol–water partition coefficient (Wildman–Crippen LogP) is 0.530. The highest BCUT2D eigenvalue weighted by atomic mass is 32.2. The van der Waals surface area contributed by atoms with Crippen LogP contribution >= 0.6 is 0 Å². The van der Waals surface area contributed by atoms with E-state index in [1.54, 1.807) is 0 Å². The van der Waals surface area contributed by atoms with E-state index < -0.39 is 10.1 Å². The maximum absolute atomic E-state index is 10.7. The molecule has 0 amide bonds. The summed E-state index contributed by atoms with van der Waals surface area (Å²) >= 11 is 0. The monoisotopic (exact) mass is 206 g/mol. The number of ether oxygens (including phenoxy) is 1. The standard InChI is InChI=1S/C8H14O4S/c1-13(9,10)11-5-6-4-7-2-3-8(6)12-7/h6-8H,2-5H2,1H3/t6-,7+,8+/m0/s1. The van der Waals surface area contributed by atoms with Gasteiger partial charge in [-0.15, -0.1) is 0 Å². The Labute approximate surface area is 78.3 Å². The molecule has 2 heterocycles. The van der Waals surface area contributed by atoms with Gasteiger partial charge in [0.1, 0.15) is 0 Å². The van der Waals surface area contributed by atoms with Gasteiger partial charge in [0.05, 0.1) is 25.1 Å². The summed E-state index contributed by atoms with van der Waals surface area (Å²) in [5.74, 6) is 0.286. The molecular formula is C8H14O4S. The topological polar surface area (TPSA) is 52.6 Å². The van der Waals surface area contributed by atoms with Crippen molar-refractivity contribution < 1.29 is 17.3 Å². The minimum Gasteiger partial charge on any atom is -0.375 e. The lowest BCUT2D eigenvalue weighted by atomic mass is 9.90. The second-order valence-electron chi connectivity index (χ2n) is 3.86. The highest BCUT2D eigenvalue weighted by Crippen LogP contribution is 2.38. The Kier molecular flexibility index (Phi) is 2.33. The Morgan fingerprint density at radius 1 is 1.46 bits per heavy atom. The lowest BCUT2D eigenvalue weighted by Crippen LogP contribution is -2.23. The first-order chi connectivity index (χ1) is 6.04. The molecule has 2 fully saturated rings. The summed E-state index contributed by atoms with van der Waals surface area (Å²) in [5.41, 5.74) is 0. The molecule has 0 aromatic carbocycles. The zero-order valence-electron chi connectivity index (χ0n) is 7.60. The average molecular weight is 206 g/mol. The summed E-state index contributed by atoms with van der Waals surface area (Å²) in [6.07, 6.45) is 4.83. The van der Waals surface area contributed by atoms with Crippen molar-refractivity contribution in [2.75, 3.05) is 12.9 Å². The lowest BCUT2D eigenvalue weighted by Gasteiger charge is -2.17. The van der Waals surface area contributed by atoms with Crippen molar-refractivity contribution in [1.82, 2.24) is 0 Å². The van der Waals surface area contributed by atoms with Crippen LogP contribution in [0.2, 0.25) is 0 Å². The van der Waals surface area contributed by atoms with Gasteiger partial charge >= 0.3 is 0 Å². The van der Waals surface area contributed by atoms with Crippen molar-refractivity contribution in [2.45, 2.75) is 31.5 Å². The van der Waals surface area contributed by atoms with Gasteiger partial charge in [-0.05, 0) is 19.3 Å². The number of fused-ring (bicyclic) bond motifs is 2. The largest absolute Gasteiger partial charge is 0.375 e. The molecule has 0 saturated carbocycles. The molecule has 0 radical (unpaired) electrons. The maximum atomic E-state index is 10.7. The minimum atomic E-state index is -3.28. The molecule has 0 aliphatic carbocycles. The third-order valence-corrected chi connectivity index (χ3v) is 3.29. The normalized spacial score (nSPS) is 38.4. The maximum Gasteiger partial charge on any atom is 0.264 e. The van der Waals surface area contributed by atoms with Crippen molar-refractivity contribution in [3.8, 4) is 0 Å². The van der Waals surface area contributed by atoms with E-state index in [-0.39, 0.29) is 12.0 Å². The Bertz CT molecular complexity index is 285. The van der Waals surface area contributed by atoms with Gasteiger partial charge in [-0.1, -0.05) is 0 Å². The van der Waals surface area contributed by atoms with Crippen LogP contribution in [0, 0.1) is 5.92 Å². The molecule has 0 spiro atoms. The molecule has 2 bridgehead atoms. The Morgan fingerprint density at radius 2 is 2.23 bits per heavy atom. The summed E-state index contributed by atoms with van der Waals surface area (Å²) in [6.45, 7) is 0.292. The third-order valence-electron chi connectivity index (χ3n) is 2.73. The first-order valence-electron chi connectivity index (χ1n) is 4.54. The van der Waals surface area contributed by atoms with Crippen LogP contribution in [0.5, 0.6) is 0 Å². The Morgan fingerprint density at radius 3 is 2.69 bits per heavy atom. The van der Waals surface area contributed by atoms with Gasteiger partial charge in [-0.3, -0.25) is 4.18 Å². The van der Waals surface area contributed by atoms with Crippen molar-refractivity contribution in [3.63, 3.8) is 0 Å². The van der Waals surface area contributed by atoms with E-state index in [0.29, 0.717) is 12.7 Å². The zero-order chi connectivity index (χ0) is 9.47. The van der Waals surface area contributed by atoms with Crippen molar-refractivity contribution in [3.05, 3.63) is 0 Å². The van der Waals surface area contributed by atoms with E-state index in [1.807, 2.05) is 0 Å². The van der Waals surface area contributed by atoms with Gasteiger partial charge in [0.25, 0.3) is 10.1 Å². The molecule has 0 aromatic rings. The number of hydrogen-bond donors (Lipinski definition) is 0. The highest BCUT2D eigenvalue weighted by Gasteiger charge is 2.41. The van der Waals surface area contributed by atoms with Crippen LogP contribution in [0.4, 0.5) is 0 Å². The fourth-order valence-electron chi connectivity index (χ4n) is 2.13. The predicted molar refractivity (Wildman–Crippen MR) is 46.8 cm³/mol. The molecule has 3 atom stereocenters. The van der Waals surface area contributed by atoms with Crippen LogP contribution in [0.15, 0.2) is 0 Å². The van der Waals surface area contributed by atoms with Crippen LogP contribution < -0.4 is 0 Å². The van der Waals surface area contributed by atoms with Crippen LogP contribution in [0.3, 0.4) is 0 Å². The van der Waals surface area contributed by atoms with Gasteiger partial charge in [0.2, 0.25) is 0 Å². The van der Waals surface area contributed by atoms with Crippen LogP contribution in [-0.2, 0) is 19.0 Å². The average Bonchev–Trinajstić information content (AvgIpc) is 2.58. The van der Waals surface area contributed by atoms with Gasteiger partial charge in [0, 0.05) is 5.92 Å². The molecule has 5 heteroatoms. The van der Waals surface area contributed by atoms with E-state index >= 15 is 0 Å². The molecule has 2 aliphatic rings. The second kappa shape index (κ2) is 3.22. The molecule has 2 aliphatic heterocycles. The van der Waals surface area contributed by atoms with E-state index in [0.717, 1.165) is 25.5 Å². The highest BCUT2D eigenvalue weighted by molar-refractivity contribution is 7.85. The molecule has 2 saturated heterocycles. The summed E-state index contributed by atoms with van der Waals surface area (Å²) in [6, 6.07) is 0. The first kappa shape index (κ1) is 9.43. The fourth-order valence-corrected chi connectivity index (χ4v) is 2.55. The molecule has 0 unspecified atom stereocenters. The van der Waals surface area contributed by atoms with Crippen molar-refractivity contribution >= 4 is 10.1 Å². The van der Waals surface area contributed by atoms with Gasteiger partial charge in [-0.2, -0.15) is 8.42 Å². The zero-order valence-corrected chi connectivity index (χ0v) is 8.42. The molecular weight excluding hydrogens is 192 g/mol. The van der Waals surface area contributed by atoms with E-state index in [1.165, 1.54) is 0 Å². The Hall–Kier alpha value is -0.130. The molecule has 13 heavy (non-hydrogen) atoms. The van der Waals surface area contributed by atoms with Gasteiger partial charge in [0.15, 0.2) is 0 Å². The summed E-state index contributed by atoms with van der Waals surface area (Å²) in [4.78, 5) is 0. The molecule has 0 aromatic heterocycles. The summed E-state index contributed by atoms with van der Waals surface area (Å²) < 4.78 is 31.8.